The van der Waals surface area contributed by atoms with E-state index in [1.54, 1.807) is 0 Å². The zero-order valence-corrected chi connectivity index (χ0v) is 16.3. The summed E-state index contributed by atoms with van der Waals surface area (Å²) < 4.78 is 0. The van der Waals surface area contributed by atoms with Crippen molar-refractivity contribution < 1.29 is 5.11 Å². The van der Waals surface area contributed by atoms with Gasteiger partial charge < -0.3 is 5.11 Å². The van der Waals surface area contributed by atoms with Gasteiger partial charge >= 0.3 is 0 Å². The molecule has 1 aromatic carbocycles. The Morgan fingerprint density at radius 3 is 2.50 bits per heavy atom. The van der Waals surface area contributed by atoms with Gasteiger partial charge in [0.2, 0.25) is 0 Å². The first-order valence-corrected chi connectivity index (χ1v) is 10.0. The lowest BCUT2D eigenvalue weighted by Crippen LogP contribution is -2.41. The molecule has 0 radical (unpaired) electrons. The van der Waals surface area contributed by atoms with Crippen molar-refractivity contribution in [1.82, 2.24) is 9.88 Å². The minimum atomic E-state index is 0.170. The number of rotatable bonds is 8. The molecule has 1 N–H and O–H groups in total. The summed E-state index contributed by atoms with van der Waals surface area (Å²) in [5.41, 5.74) is 2.65. The zero-order chi connectivity index (χ0) is 18.4. The van der Waals surface area contributed by atoms with Gasteiger partial charge in [-0.3, -0.25) is 9.88 Å². The molecule has 0 saturated heterocycles. The van der Waals surface area contributed by atoms with E-state index in [4.69, 9.17) is 11.6 Å². The highest BCUT2D eigenvalue weighted by atomic mass is 35.5. The monoisotopic (exact) mass is 372 g/mol. The van der Waals surface area contributed by atoms with E-state index in [1.807, 2.05) is 30.5 Å². The Hall–Kier alpha value is -1.42. The number of nitrogens with zero attached hydrogens (tertiary/aromatic N) is 2. The highest BCUT2D eigenvalue weighted by Gasteiger charge is 2.38. The highest BCUT2D eigenvalue weighted by Crippen LogP contribution is 2.43. The molecule has 140 valence electrons. The number of hydrogen-bond acceptors (Lipinski definition) is 3. The van der Waals surface area contributed by atoms with Crippen LogP contribution in [0.2, 0.25) is 5.02 Å². The summed E-state index contributed by atoms with van der Waals surface area (Å²) >= 11 is 6.12. The number of aromatic nitrogens is 1. The van der Waals surface area contributed by atoms with Crippen molar-refractivity contribution >= 4 is 11.6 Å². The lowest BCUT2D eigenvalue weighted by Gasteiger charge is -2.39. The van der Waals surface area contributed by atoms with Crippen molar-refractivity contribution in [3.05, 3.63) is 64.9 Å². The lowest BCUT2D eigenvalue weighted by molar-refractivity contribution is 0.142. The van der Waals surface area contributed by atoms with E-state index in [2.05, 4.69) is 35.0 Å². The van der Waals surface area contributed by atoms with Crippen LogP contribution in [0, 0.1) is 0 Å². The Bertz CT molecular complexity index is 668. The Kier molecular flexibility index (Phi) is 6.68. The van der Waals surface area contributed by atoms with Gasteiger partial charge in [0.25, 0.3) is 0 Å². The fraction of sp³-hybridized carbons (Fsp3) is 0.500. The van der Waals surface area contributed by atoms with E-state index < -0.39 is 0 Å². The Labute approximate surface area is 162 Å². The molecule has 0 bridgehead atoms. The molecular weight excluding hydrogens is 344 g/mol. The van der Waals surface area contributed by atoms with Gasteiger partial charge in [-0.25, -0.2) is 0 Å². The van der Waals surface area contributed by atoms with Crippen molar-refractivity contribution in [1.29, 1.82) is 0 Å². The van der Waals surface area contributed by atoms with Gasteiger partial charge in [0.1, 0.15) is 0 Å². The van der Waals surface area contributed by atoms with Crippen LogP contribution in [-0.4, -0.2) is 34.7 Å². The van der Waals surface area contributed by atoms with E-state index >= 15 is 0 Å². The number of benzene rings is 1. The van der Waals surface area contributed by atoms with Gasteiger partial charge in [0, 0.05) is 42.4 Å². The first-order valence-electron chi connectivity index (χ1n) is 9.66. The van der Waals surface area contributed by atoms with E-state index in [1.165, 1.54) is 31.2 Å². The van der Waals surface area contributed by atoms with E-state index in [-0.39, 0.29) is 18.1 Å². The number of hydrogen-bond donors (Lipinski definition) is 1. The third kappa shape index (κ3) is 4.46. The molecule has 0 aliphatic heterocycles. The molecule has 2 aromatic rings. The molecule has 3 nitrogen and oxygen atoms in total. The second-order valence-corrected chi connectivity index (χ2v) is 7.91. The molecule has 1 fully saturated rings. The molecule has 0 spiro atoms. The quantitative estimate of drug-likeness (QED) is 0.708. The zero-order valence-electron chi connectivity index (χ0n) is 15.6. The maximum atomic E-state index is 9.38. The van der Waals surface area contributed by atoms with Crippen LogP contribution in [0.15, 0.2) is 48.7 Å². The van der Waals surface area contributed by atoms with Crippen LogP contribution in [0.3, 0.4) is 0 Å². The number of aliphatic hydroxyl groups excluding tert-OH is 1. The molecular formula is C22H29ClN2O. The molecule has 1 aliphatic rings. The van der Waals surface area contributed by atoms with E-state index in [0.29, 0.717) is 0 Å². The van der Waals surface area contributed by atoms with Crippen LogP contribution in [-0.2, 0) is 5.41 Å². The minimum Gasteiger partial charge on any atom is -0.396 e. The molecule has 1 heterocycles. The Morgan fingerprint density at radius 1 is 1.15 bits per heavy atom. The van der Waals surface area contributed by atoms with E-state index in [9.17, 15) is 5.11 Å². The lowest BCUT2D eigenvalue weighted by atomic mass is 9.78. The predicted molar refractivity (Wildman–Crippen MR) is 108 cm³/mol. The number of aliphatic hydroxyl groups is 1. The molecule has 26 heavy (non-hydrogen) atoms. The standard InChI is InChI=1S/C22H29ClN2O/c1-18(21-7-2-5-14-24-21)25(15-6-16-26)17-22(12-3-4-13-22)19-8-10-20(23)11-9-19/h2,5,7-11,14,18,26H,3-4,6,12-13,15-17H2,1H3. The minimum absolute atomic E-state index is 0.170. The topological polar surface area (TPSA) is 36.4 Å². The second kappa shape index (κ2) is 8.98. The third-order valence-corrected chi connectivity index (χ3v) is 6.04. The van der Waals surface area contributed by atoms with E-state index in [0.717, 1.165) is 30.2 Å². The van der Waals surface area contributed by atoms with Crippen molar-refractivity contribution in [2.45, 2.75) is 50.5 Å². The smallest absolute Gasteiger partial charge is 0.0572 e. The van der Waals surface area contributed by atoms with Crippen molar-refractivity contribution in [2.24, 2.45) is 0 Å². The second-order valence-electron chi connectivity index (χ2n) is 7.47. The van der Waals surface area contributed by atoms with Crippen LogP contribution in [0.4, 0.5) is 0 Å². The molecule has 1 atom stereocenters. The van der Waals surface area contributed by atoms with Gasteiger partial charge in [-0.1, -0.05) is 42.6 Å². The van der Waals surface area contributed by atoms with Gasteiger partial charge in [0.05, 0.1) is 5.69 Å². The van der Waals surface area contributed by atoms with Gasteiger partial charge in [-0.2, -0.15) is 0 Å². The van der Waals surface area contributed by atoms with Gasteiger partial charge in [0.15, 0.2) is 0 Å². The average molecular weight is 373 g/mol. The maximum Gasteiger partial charge on any atom is 0.0572 e. The summed E-state index contributed by atoms with van der Waals surface area (Å²) in [5, 5.41) is 10.2. The molecule has 1 aliphatic carbocycles. The van der Waals surface area contributed by atoms with Crippen LogP contribution in [0.1, 0.15) is 56.3 Å². The molecule has 1 aromatic heterocycles. The van der Waals surface area contributed by atoms with Crippen LogP contribution >= 0.6 is 11.6 Å². The summed E-state index contributed by atoms with van der Waals surface area (Å²) in [6.07, 6.45) is 7.61. The van der Waals surface area contributed by atoms with Crippen molar-refractivity contribution in [3.63, 3.8) is 0 Å². The first kappa shape index (κ1) is 19.3. The summed E-state index contributed by atoms with van der Waals surface area (Å²) in [5.74, 6) is 0. The summed E-state index contributed by atoms with van der Waals surface area (Å²) in [7, 11) is 0. The molecule has 1 saturated carbocycles. The van der Waals surface area contributed by atoms with Gasteiger partial charge in [-0.05, 0) is 56.0 Å². The summed E-state index contributed by atoms with van der Waals surface area (Å²) in [6, 6.07) is 14.8. The predicted octanol–water partition coefficient (Wildman–Crippen LogP) is 4.99. The molecule has 3 rings (SSSR count). The Balaban J connectivity index is 1.86. The largest absolute Gasteiger partial charge is 0.396 e. The van der Waals surface area contributed by atoms with Gasteiger partial charge in [-0.15, -0.1) is 0 Å². The molecule has 4 heteroatoms. The fourth-order valence-electron chi connectivity index (χ4n) is 4.28. The third-order valence-electron chi connectivity index (χ3n) is 5.79. The summed E-state index contributed by atoms with van der Waals surface area (Å²) in [4.78, 5) is 7.07. The maximum absolute atomic E-state index is 9.38. The average Bonchev–Trinajstić information content (AvgIpc) is 3.15. The molecule has 1 unspecified atom stereocenters. The number of pyridine rings is 1. The number of halogens is 1. The van der Waals surface area contributed by atoms with Crippen LogP contribution in [0.25, 0.3) is 0 Å². The van der Waals surface area contributed by atoms with Crippen LogP contribution in [0.5, 0.6) is 0 Å². The molecule has 0 amide bonds. The normalized spacial score (nSPS) is 17.5. The summed E-state index contributed by atoms with van der Waals surface area (Å²) in [6.45, 7) is 4.32. The SMILES string of the molecule is CC(c1ccccn1)N(CCCO)CC1(c2ccc(Cl)cc2)CCCC1. The fourth-order valence-corrected chi connectivity index (χ4v) is 4.40. The Morgan fingerprint density at radius 2 is 1.88 bits per heavy atom. The first-order chi connectivity index (χ1) is 12.6. The van der Waals surface area contributed by atoms with Crippen LogP contribution < -0.4 is 0 Å². The van der Waals surface area contributed by atoms with Crippen molar-refractivity contribution in [2.75, 3.05) is 19.7 Å². The van der Waals surface area contributed by atoms with Crippen molar-refractivity contribution in [3.8, 4) is 0 Å². The highest BCUT2D eigenvalue weighted by molar-refractivity contribution is 6.30.